The van der Waals surface area contributed by atoms with Crippen molar-refractivity contribution in [1.29, 1.82) is 0 Å². The number of pyridine rings is 1. The number of aromatic nitrogens is 1. The number of sulfonamides is 1. The molecule has 1 aliphatic heterocycles. The first-order valence-corrected chi connectivity index (χ1v) is 10.6. The van der Waals surface area contributed by atoms with Gasteiger partial charge in [-0.2, -0.15) is 4.31 Å². The summed E-state index contributed by atoms with van der Waals surface area (Å²) in [5, 5.41) is 0. The summed E-state index contributed by atoms with van der Waals surface area (Å²) in [5.41, 5.74) is 1.16. The summed E-state index contributed by atoms with van der Waals surface area (Å²) in [6.45, 7) is 1.92. The van der Waals surface area contributed by atoms with Gasteiger partial charge in [0.1, 0.15) is 10.7 Å². The fourth-order valence-corrected chi connectivity index (χ4v) is 4.68. The molecule has 0 amide bonds. The zero-order chi connectivity index (χ0) is 17.9. The molecule has 1 aromatic heterocycles. The van der Waals surface area contributed by atoms with E-state index in [4.69, 9.17) is 0 Å². The largest absolute Gasteiger partial charge is 0.355 e. The highest BCUT2D eigenvalue weighted by Gasteiger charge is 2.26. The number of rotatable bonds is 5. The maximum absolute atomic E-state index is 12.7. The monoisotopic (exact) mass is 423 g/mol. The van der Waals surface area contributed by atoms with E-state index in [0.29, 0.717) is 19.6 Å². The highest BCUT2D eigenvalue weighted by molar-refractivity contribution is 9.10. The molecule has 0 radical (unpaired) electrons. The zero-order valence-electron chi connectivity index (χ0n) is 14.2. The second-order valence-corrected chi connectivity index (χ2v) is 9.15. The van der Waals surface area contributed by atoms with E-state index in [1.54, 1.807) is 16.4 Å². The van der Waals surface area contributed by atoms with Crippen molar-refractivity contribution in [2.45, 2.75) is 30.7 Å². The molecule has 1 saturated heterocycles. The predicted octanol–water partition coefficient (Wildman–Crippen LogP) is 3.66. The molecule has 5 nitrogen and oxygen atoms in total. The number of benzene rings is 1. The van der Waals surface area contributed by atoms with Crippen molar-refractivity contribution >= 4 is 31.8 Å². The van der Waals surface area contributed by atoms with Crippen LogP contribution in [0.3, 0.4) is 0 Å². The average molecular weight is 424 g/mol. The van der Waals surface area contributed by atoms with Crippen LogP contribution in [-0.2, 0) is 16.6 Å². The van der Waals surface area contributed by atoms with Crippen LogP contribution >= 0.6 is 15.9 Å². The van der Waals surface area contributed by atoms with Crippen molar-refractivity contribution in [1.82, 2.24) is 9.29 Å². The van der Waals surface area contributed by atoms with Gasteiger partial charge in [0, 0.05) is 37.4 Å². The Hall–Kier alpha value is -1.44. The van der Waals surface area contributed by atoms with Crippen molar-refractivity contribution in [2.24, 2.45) is 0 Å². The van der Waals surface area contributed by atoms with Crippen LogP contribution in [0.15, 0.2) is 52.0 Å². The number of anilines is 1. The Morgan fingerprint density at radius 1 is 1.08 bits per heavy atom. The third-order valence-corrected chi connectivity index (χ3v) is 6.81. The first-order chi connectivity index (χ1) is 12.0. The van der Waals surface area contributed by atoms with Crippen molar-refractivity contribution in [2.75, 3.05) is 25.0 Å². The first kappa shape index (κ1) is 18.4. The molecule has 25 heavy (non-hydrogen) atoms. The zero-order valence-corrected chi connectivity index (χ0v) is 16.6. The van der Waals surface area contributed by atoms with Gasteiger partial charge in [-0.25, -0.2) is 13.4 Å². The fraction of sp³-hybridized carbons (Fsp3) is 0.389. The Morgan fingerprint density at radius 3 is 2.36 bits per heavy atom. The molecule has 3 rings (SSSR count). The van der Waals surface area contributed by atoms with E-state index in [9.17, 15) is 8.42 Å². The van der Waals surface area contributed by atoms with Gasteiger partial charge in [-0.1, -0.05) is 34.5 Å². The summed E-state index contributed by atoms with van der Waals surface area (Å²) in [6, 6.07) is 11.5. The molecular formula is C18H22BrN3O2S. The third-order valence-electron chi connectivity index (χ3n) is 4.40. The topological polar surface area (TPSA) is 53.5 Å². The molecule has 134 valence electrons. The summed E-state index contributed by atoms with van der Waals surface area (Å²) in [7, 11) is -1.47. The summed E-state index contributed by atoms with van der Waals surface area (Å²) < 4.78 is 27.9. The number of piperidine rings is 1. The number of nitrogens with zero attached hydrogens (tertiary/aromatic N) is 3. The standard InChI is InChI=1S/C18H22BrN3O2S/c1-21(14-15-5-7-16(19)8-6-15)18-10-9-17(13-20-18)25(23,24)22-11-3-2-4-12-22/h5-10,13H,2-4,11-12,14H2,1H3. The van der Waals surface area contributed by atoms with Gasteiger partial charge in [0.25, 0.3) is 0 Å². The molecule has 2 aromatic rings. The highest BCUT2D eigenvalue weighted by atomic mass is 79.9. The van der Waals surface area contributed by atoms with Gasteiger partial charge >= 0.3 is 0 Å². The molecule has 1 aromatic carbocycles. The first-order valence-electron chi connectivity index (χ1n) is 8.38. The van der Waals surface area contributed by atoms with E-state index >= 15 is 0 Å². The average Bonchev–Trinajstić information content (AvgIpc) is 2.64. The van der Waals surface area contributed by atoms with E-state index < -0.39 is 10.0 Å². The van der Waals surface area contributed by atoms with Gasteiger partial charge in [-0.05, 0) is 42.7 Å². The van der Waals surface area contributed by atoms with E-state index in [2.05, 4.69) is 33.0 Å². The predicted molar refractivity (Wildman–Crippen MR) is 103 cm³/mol. The molecule has 0 aliphatic carbocycles. The molecule has 0 bridgehead atoms. The lowest BCUT2D eigenvalue weighted by Gasteiger charge is -2.26. The van der Waals surface area contributed by atoms with E-state index in [-0.39, 0.29) is 4.90 Å². The molecule has 2 heterocycles. The molecule has 7 heteroatoms. The lowest BCUT2D eigenvalue weighted by Crippen LogP contribution is -2.35. The summed E-state index contributed by atoms with van der Waals surface area (Å²) >= 11 is 3.43. The Kier molecular flexibility index (Phi) is 5.76. The van der Waals surface area contributed by atoms with Crippen LogP contribution in [-0.4, -0.2) is 37.8 Å². The van der Waals surface area contributed by atoms with Crippen molar-refractivity contribution in [3.63, 3.8) is 0 Å². The molecule has 0 spiro atoms. The quantitative estimate of drug-likeness (QED) is 0.735. The van der Waals surface area contributed by atoms with Crippen molar-refractivity contribution in [3.8, 4) is 0 Å². The van der Waals surface area contributed by atoms with Crippen LogP contribution in [0.4, 0.5) is 5.82 Å². The second kappa shape index (κ2) is 7.85. The van der Waals surface area contributed by atoms with Gasteiger partial charge in [-0.15, -0.1) is 0 Å². The van der Waals surface area contributed by atoms with Crippen LogP contribution < -0.4 is 4.90 Å². The Balaban J connectivity index is 1.71. The van der Waals surface area contributed by atoms with Crippen molar-refractivity contribution < 1.29 is 8.42 Å². The minimum Gasteiger partial charge on any atom is -0.355 e. The number of hydrogen-bond acceptors (Lipinski definition) is 4. The molecule has 0 atom stereocenters. The van der Waals surface area contributed by atoms with E-state index in [1.807, 2.05) is 24.1 Å². The second-order valence-electron chi connectivity index (χ2n) is 6.30. The molecule has 1 aliphatic rings. The van der Waals surface area contributed by atoms with Gasteiger partial charge in [0.2, 0.25) is 10.0 Å². The highest BCUT2D eigenvalue weighted by Crippen LogP contribution is 2.22. The van der Waals surface area contributed by atoms with Crippen LogP contribution in [0, 0.1) is 0 Å². The maximum Gasteiger partial charge on any atom is 0.244 e. The minimum atomic E-state index is -3.42. The van der Waals surface area contributed by atoms with Crippen LogP contribution in [0.2, 0.25) is 0 Å². The summed E-state index contributed by atoms with van der Waals surface area (Å²) in [6.07, 6.45) is 4.43. The normalized spacial score (nSPS) is 15.9. The summed E-state index contributed by atoms with van der Waals surface area (Å²) in [5.74, 6) is 0.750. The van der Waals surface area contributed by atoms with Crippen LogP contribution in [0.25, 0.3) is 0 Å². The third kappa shape index (κ3) is 4.40. The summed E-state index contributed by atoms with van der Waals surface area (Å²) in [4.78, 5) is 6.64. The van der Waals surface area contributed by atoms with E-state index in [0.717, 1.165) is 35.1 Å². The minimum absolute atomic E-state index is 0.273. The van der Waals surface area contributed by atoms with Gasteiger partial charge in [-0.3, -0.25) is 0 Å². The fourth-order valence-electron chi connectivity index (χ4n) is 2.95. The van der Waals surface area contributed by atoms with Gasteiger partial charge < -0.3 is 4.90 Å². The maximum atomic E-state index is 12.7. The number of hydrogen-bond donors (Lipinski definition) is 0. The molecular weight excluding hydrogens is 402 g/mol. The Morgan fingerprint density at radius 2 is 1.76 bits per heavy atom. The van der Waals surface area contributed by atoms with Crippen LogP contribution in [0.5, 0.6) is 0 Å². The van der Waals surface area contributed by atoms with Crippen LogP contribution in [0.1, 0.15) is 24.8 Å². The SMILES string of the molecule is CN(Cc1ccc(Br)cc1)c1ccc(S(=O)(=O)N2CCCCC2)cn1. The molecule has 1 fully saturated rings. The lowest BCUT2D eigenvalue weighted by atomic mass is 10.2. The Labute approximate surface area is 157 Å². The van der Waals surface area contributed by atoms with Crippen molar-refractivity contribution in [3.05, 3.63) is 52.6 Å². The lowest BCUT2D eigenvalue weighted by molar-refractivity contribution is 0.346. The number of halogens is 1. The smallest absolute Gasteiger partial charge is 0.244 e. The molecule has 0 unspecified atom stereocenters. The molecule has 0 saturated carbocycles. The van der Waals surface area contributed by atoms with E-state index in [1.165, 1.54) is 6.20 Å². The Bertz CT molecular complexity index is 801. The van der Waals surface area contributed by atoms with Gasteiger partial charge in [0.05, 0.1) is 0 Å². The molecule has 0 N–H and O–H groups in total. The van der Waals surface area contributed by atoms with Gasteiger partial charge in [0.15, 0.2) is 0 Å².